The molecule has 1 aromatic rings. The molecule has 4 rings (SSSR count). The molecule has 0 spiro atoms. The van der Waals surface area contributed by atoms with Gasteiger partial charge >= 0.3 is 0 Å². The van der Waals surface area contributed by atoms with E-state index in [2.05, 4.69) is 28.0 Å². The maximum absolute atomic E-state index is 13.0. The SMILES string of the molecule is COCCCCN1C[C@H]2C[C@@H](C1)[C@H](Cc1cccc(OC)c1)N1C(=O)CCC[C@@H]21. The van der Waals surface area contributed by atoms with Crippen molar-refractivity contribution in [2.75, 3.05) is 40.5 Å². The Kier molecular flexibility index (Phi) is 6.76. The van der Waals surface area contributed by atoms with Crippen molar-refractivity contribution in [2.45, 2.75) is 57.0 Å². The fourth-order valence-electron chi connectivity index (χ4n) is 5.94. The highest BCUT2D eigenvalue weighted by atomic mass is 16.5. The lowest BCUT2D eigenvalue weighted by Gasteiger charge is -2.57. The van der Waals surface area contributed by atoms with Gasteiger partial charge in [-0.15, -0.1) is 0 Å². The van der Waals surface area contributed by atoms with Crippen molar-refractivity contribution >= 4 is 5.91 Å². The Labute approximate surface area is 175 Å². The van der Waals surface area contributed by atoms with Crippen LogP contribution in [-0.2, 0) is 16.0 Å². The summed E-state index contributed by atoms with van der Waals surface area (Å²) in [4.78, 5) is 18.0. The zero-order valence-electron chi connectivity index (χ0n) is 18.0. The average Bonchev–Trinajstić information content (AvgIpc) is 2.74. The van der Waals surface area contributed by atoms with Gasteiger partial charge in [0, 0.05) is 45.3 Å². The van der Waals surface area contributed by atoms with Crippen molar-refractivity contribution in [1.82, 2.24) is 9.80 Å². The predicted molar refractivity (Wildman–Crippen MR) is 114 cm³/mol. The first-order valence-electron chi connectivity index (χ1n) is 11.3. The summed E-state index contributed by atoms with van der Waals surface area (Å²) in [5, 5.41) is 0. The number of methoxy groups -OCH3 is 2. The van der Waals surface area contributed by atoms with Gasteiger partial charge in [-0.1, -0.05) is 12.1 Å². The van der Waals surface area contributed by atoms with Crippen LogP contribution in [0.15, 0.2) is 24.3 Å². The number of hydrogen-bond acceptors (Lipinski definition) is 4. The number of ether oxygens (including phenoxy) is 2. The Hall–Kier alpha value is -1.59. The maximum Gasteiger partial charge on any atom is 0.223 e. The minimum atomic E-state index is 0.318. The van der Waals surface area contributed by atoms with E-state index in [9.17, 15) is 4.79 Å². The molecule has 0 aromatic heterocycles. The molecule has 0 N–H and O–H groups in total. The summed E-state index contributed by atoms with van der Waals surface area (Å²) in [5.41, 5.74) is 1.28. The zero-order valence-corrected chi connectivity index (χ0v) is 18.0. The summed E-state index contributed by atoms with van der Waals surface area (Å²) >= 11 is 0. The average molecular weight is 401 g/mol. The number of nitrogens with zero attached hydrogens (tertiary/aromatic N) is 2. The lowest BCUT2D eigenvalue weighted by atomic mass is 9.70. The predicted octanol–water partition coefficient (Wildman–Crippen LogP) is 3.37. The fourth-order valence-corrected chi connectivity index (χ4v) is 5.94. The molecule has 5 nitrogen and oxygen atoms in total. The molecular formula is C24H36N2O3. The Morgan fingerprint density at radius 1 is 1.14 bits per heavy atom. The van der Waals surface area contributed by atoms with Crippen LogP contribution >= 0.6 is 0 Å². The van der Waals surface area contributed by atoms with Gasteiger partial charge < -0.3 is 19.3 Å². The molecule has 4 atom stereocenters. The van der Waals surface area contributed by atoms with Gasteiger partial charge in [-0.25, -0.2) is 0 Å². The van der Waals surface area contributed by atoms with E-state index >= 15 is 0 Å². The second kappa shape index (κ2) is 9.48. The van der Waals surface area contributed by atoms with E-state index in [1.165, 1.54) is 24.8 Å². The highest BCUT2D eigenvalue weighted by Crippen LogP contribution is 2.42. The number of carbonyl (C=O) groups is 1. The quantitative estimate of drug-likeness (QED) is 0.628. The Balaban J connectivity index is 1.52. The van der Waals surface area contributed by atoms with Crippen LogP contribution in [0.3, 0.4) is 0 Å². The van der Waals surface area contributed by atoms with E-state index in [4.69, 9.17) is 9.47 Å². The number of carbonyl (C=O) groups excluding carboxylic acids is 1. The first-order valence-corrected chi connectivity index (χ1v) is 11.3. The third-order valence-corrected chi connectivity index (χ3v) is 7.22. The number of unbranched alkanes of at least 4 members (excludes halogenated alkanes) is 1. The summed E-state index contributed by atoms with van der Waals surface area (Å²) in [6.45, 7) is 4.28. The van der Waals surface area contributed by atoms with Crippen molar-refractivity contribution in [3.05, 3.63) is 29.8 Å². The summed E-state index contributed by atoms with van der Waals surface area (Å²) in [7, 11) is 3.50. The minimum Gasteiger partial charge on any atom is -0.497 e. The van der Waals surface area contributed by atoms with E-state index in [0.717, 1.165) is 57.7 Å². The molecule has 0 radical (unpaired) electrons. The van der Waals surface area contributed by atoms with Crippen LogP contribution in [0.2, 0.25) is 0 Å². The molecule has 29 heavy (non-hydrogen) atoms. The maximum atomic E-state index is 13.0. The molecule has 2 bridgehead atoms. The Morgan fingerprint density at radius 3 is 2.83 bits per heavy atom. The molecule has 3 aliphatic rings. The summed E-state index contributed by atoms with van der Waals surface area (Å²) in [5.74, 6) is 2.50. The molecule has 3 aliphatic heterocycles. The molecular weight excluding hydrogens is 364 g/mol. The standard InChI is InChI=1S/C24H36N2O3/c1-28-12-4-3-11-25-16-19-15-20(17-25)23(26-22(19)9-6-10-24(26)27)14-18-7-5-8-21(13-18)29-2/h5,7-8,13,19-20,22-23H,3-4,6,9-12,14-17H2,1-2H3/t19-,20+,22+,23+/m1/s1. The third-order valence-electron chi connectivity index (χ3n) is 7.22. The summed E-state index contributed by atoms with van der Waals surface area (Å²) < 4.78 is 10.7. The lowest BCUT2D eigenvalue weighted by molar-refractivity contribution is -0.152. The number of hydrogen-bond donors (Lipinski definition) is 0. The van der Waals surface area contributed by atoms with Gasteiger partial charge in [0.1, 0.15) is 5.75 Å². The van der Waals surface area contributed by atoms with Gasteiger partial charge in [0.25, 0.3) is 0 Å². The van der Waals surface area contributed by atoms with Gasteiger partial charge in [0.2, 0.25) is 5.91 Å². The largest absolute Gasteiger partial charge is 0.497 e. The van der Waals surface area contributed by atoms with E-state index in [0.29, 0.717) is 29.8 Å². The Morgan fingerprint density at radius 2 is 2.00 bits per heavy atom. The van der Waals surface area contributed by atoms with E-state index in [1.54, 1.807) is 14.2 Å². The van der Waals surface area contributed by atoms with Crippen LogP contribution in [0.25, 0.3) is 0 Å². The molecule has 0 unspecified atom stereocenters. The Bertz CT molecular complexity index is 694. The zero-order chi connectivity index (χ0) is 20.2. The first-order chi connectivity index (χ1) is 14.2. The number of rotatable bonds is 8. The van der Waals surface area contributed by atoms with E-state index in [-0.39, 0.29) is 0 Å². The van der Waals surface area contributed by atoms with Crippen molar-refractivity contribution in [3.63, 3.8) is 0 Å². The van der Waals surface area contributed by atoms with Crippen molar-refractivity contribution < 1.29 is 14.3 Å². The highest BCUT2D eigenvalue weighted by molar-refractivity contribution is 5.78. The van der Waals surface area contributed by atoms with Crippen molar-refractivity contribution in [1.29, 1.82) is 0 Å². The second-order valence-corrected chi connectivity index (χ2v) is 9.10. The topological polar surface area (TPSA) is 42.0 Å². The molecule has 5 heteroatoms. The van der Waals surface area contributed by atoms with Crippen LogP contribution in [0.1, 0.15) is 44.1 Å². The fraction of sp³-hybridized carbons (Fsp3) is 0.708. The summed E-state index contributed by atoms with van der Waals surface area (Å²) in [6, 6.07) is 9.14. The van der Waals surface area contributed by atoms with Crippen LogP contribution in [0.5, 0.6) is 5.75 Å². The molecule has 0 saturated carbocycles. The number of fused-ring (bicyclic) bond motifs is 4. The molecule has 0 aliphatic carbocycles. The normalized spacial score (nSPS) is 29.6. The van der Waals surface area contributed by atoms with Crippen LogP contribution in [-0.4, -0.2) is 68.3 Å². The van der Waals surface area contributed by atoms with Gasteiger partial charge in [-0.3, -0.25) is 4.79 Å². The second-order valence-electron chi connectivity index (χ2n) is 9.10. The molecule has 3 fully saturated rings. The van der Waals surface area contributed by atoms with E-state index in [1.807, 2.05) is 6.07 Å². The van der Waals surface area contributed by atoms with Gasteiger partial charge in [0.15, 0.2) is 0 Å². The smallest absolute Gasteiger partial charge is 0.223 e. The molecule has 1 amide bonds. The number of likely N-dealkylation sites (tertiary alicyclic amines) is 1. The van der Waals surface area contributed by atoms with Crippen LogP contribution in [0, 0.1) is 11.8 Å². The van der Waals surface area contributed by atoms with Crippen molar-refractivity contribution in [2.24, 2.45) is 11.8 Å². The van der Waals surface area contributed by atoms with Gasteiger partial charge in [-0.05, 0) is 74.6 Å². The molecule has 3 heterocycles. The lowest BCUT2D eigenvalue weighted by Crippen LogP contribution is -2.65. The minimum absolute atomic E-state index is 0.318. The molecule has 3 saturated heterocycles. The number of amides is 1. The summed E-state index contributed by atoms with van der Waals surface area (Å²) in [6.07, 6.45) is 7.50. The van der Waals surface area contributed by atoms with E-state index < -0.39 is 0 Å². The van der Waals surface area contributed by atoms with Gasteiger partial charge in [-0.2, -0.15) is 0 Å². The monoisotopic (exact) mass is 400 g/mol. The first kappa shape index (κ1) is 20.7. The molecule has 1 aromatic carbocycles. The number of piperidine rings is 3. The van der Waals surface area contributed by atoms with Crippen LogP contribution in [0.4, 0.5) is 0 Å². The van der Waals surface area contributed by atoms with Crippen LogP contribution < -0.4 is 4.74 Å². The highest BCUT2D eigenvalue weighted by Gasteiger charge is 2.49. The van der Waals surface area contributed by atoms with Gasteiger partial charge in [0.05, 0.1) is 7.11 Å². The number of benzene rings is 1. The third kappa shape index (κ3) is 4.61. The van der Waals surface area contributed by atoms with Crippen molar-refractivity contribution in [3.8, 4) is 5.75 Å². The molecule has 160 valence electrons.